The van der Waals surface area contributed by atoms with Crippen molar-refractivity contribution >= 4 is 46.5 Å². The number of carbonyl (C=O) groups excluding carboxylic acids is 3. The average molecular weight is 584 g/mol. The normalized spacial score (nSPS) is 11.8. The molecule has 12 heteroatoms. The molecule has 1 aromatic heterocycles. The molecule has 12 nitrogen and oxygen atoms in total. The number of amidine groups is 2. The number of imidazole rings is 1. The Kier molecular flexibility index (Phi) is 9.84. The molecule has 0 fully saturated rings. The molecule has 4 rings (SSSR count). The zero-order valence-corrected chi connectivity index (χ0v) is 24.2. The lowest BCUT2D eigenvalue weighted by Crippen LogP contribution is -2.34. The summed E-state index contributed by atoms with van der Waals surface area (Å²) in [4.78, 5) is 50.2. The summed E-state index contributed by atoms with van der Waals surface area (Å²) in [5.74, 6) is 0.781. The minimum atomic E-state index is -0.793. The monoisotopic (exact) mass is 583 g/mol. The van der Waals surface area contributed by atoms with Crippen molar-refractivity contribution < 1.29 is 23.9 Å². The molecule has 0 atom stereocenters. The van der Waals surface area contributed by atoms with Gasteiger partial charge in [0.1, 0.15) is 17.5 Å². The van der Waals surface area contributed by atoms with Gasteiger partial charge in [0, 0.05) is 43.2 Å². The van der Waals surface area contributed by atoms with E-state index in [2.05, 4.69) is 19.5 Å². The lowest BCUT2D eigenvalue weighted by Gasteiger charge is -2.23. The lowest BCUT2D eigenvalue weighted by atomic mass is 10.1. The van der Waals surface area contributed by atoms with Gasteiger partial charge in [-0.05, 0) is 42.3 Å². The van der Waals surface area contributed by atoms with Crippen LogP contribution in [0.15, 0.2) is 82.8 Å². The first kappa shape index (κ1) is 30.4. The van der Waals surface area contributed by atoms with E-state index < -0.39 is 12.2 Å². The number of nitrogens with zero attached hydrogens (tertiary/aromatic N) is 5. The number of carbonyl (C=O) groups is 3. The van der Waals surface area contributed by atoms with Gasteiger partial charge in [-0.1, -0.05) is 42.5 Å². The van der Waals surface area contributed by atoms with E-state index in [-0.39, 0.29) is 30.5 Å². The second-order valence-corrected chi connectivity index (χ2v) is 9.57. The molecule has 0 spiro atoms. The molecule has 0 aliphatic heterocycles. The second-order valence-electron chi connectivity index (χ2n) is 9.57. The molecule has 0 saturated heterocycles. The van der Waals surface area contributed by atoms with E-state index in [1.807, 2.05) is 60.1 Å². The van der Waals surface area contributed by atoms with E-state index in [1.165, 1.54) is 14.2 Å². The van der Waals surface area contributed by atoms with Crippen LogP contribution in [0, 0.1) is 0 Å². The molecule has 0 aliphatic rings. The largest absolute Gasteiger partial charge is 0.451 e. The fourth-order valence-electron chi connectivity index (χ4n) is 4.47. The number of ether oxygens (including phenoxy) is 2. The molecule has 43 heavy (non-hydrogen) atoms. The number of anilines is 1. The molecule has 0 unspecified atom stereocenters. The SMILES string of the molecule is COC(=O)/N=C(/N)CCN(C(=O)c1ccc2c(c1)nc(CCc1ccc(/C(N)=N\C(=O)OC)cc1)n2C)c1ccccc1. The van der Waals surface area contributed by atoms with Crippen LogP contribution in [-0.2, 0) is 29.4 Å². The minimum Gasteiger partial charge on any atom is -0.451 e. The van der Waals surface area contributed by atoms with Crippen LogP contribution in [-0.4, -0.2) is 60.1 Å². The minimum absolute atomic E-state index is 0.0674. The highest BCUT2D eigenvalue weighted by atomic mass is 16.5. The van der Waals surface area contributed by atoms with E-state index >= 15 is 0 Å². The van der Waals surface area contributed by atoms with Gasteiger partial charge >= 0.3 is 12.2 Å². The Hall–Kier alpha value is -5.52. The summed E-state index contributed by atoms with van der Waals surface area (Å²) < 4.78 is 11.1. The second kappa shape index (κ2) is 13.9. The molecule has 0 aliphatic carbocycles. The van der Waals surface area contributed by atoms with Gasteiger partial charge in [0.05, 0.1) is 25.3 Å². The molecule has 0 saturated carbocycles. The molecule has 3 aromatic carbocycles. The number of fused-ring (bicyclic) bond motifs is 1. The van der Waals surface area contributed by atoms with E-state index in [9.17, 15) is 14.4 Å². The Morgan fingerprint density at radius 1 is 0.860 bits per heavy atom. The van der Waals surface area contributed by atoms with Gasteiger partial charge in [0.15, 0.2) is 0 Å². The van der Waals surface area contributed by atoms with Crippen molar-refractivity contribution in [2.75, 3.05) is 25.7 Å². The standard InChI is InChI=1S/C31H33N7O5/c1-37-25-15-14-22(29(39)38(23-7-5-4-6-8-23)18-17-26(32)35-30(40)42-2)19-24(25)34-27(37)16-11-20-9-12-21(13-10-20)28(33)36-31(41)43-3/h4-10,12-15,19H,11,16-18H2,1-3H3,(H2,32,35,40)(H2,33,36,41). The molecule has 222 valence electrons. The Balaban J connectivity index is 1.51. The number of aromatic nitrogens is 2. The predicted octanol–water partition coefficient (Wildman–Crippen LogP) is 3.99. The summed E-state index contributed by atoms with van der Waals surface area (Å²) in [6, 6.07) is 22.1. The predicted molar refractivity (Wildman–Crippen MR) is 164 cm³/mol. The topological polar surface area (TPSA) is 167 Å². The zero-order chi connectivity index (χ0) is 30.9. The fraction of sp³-hybridized carbons (Fsp3) is 0.226. The van der Waals surface area contributed by atoms with Crippen molar-refractivity contribution in [2.45, 2.75) is 19.3 Å². The maximum Gasteiger partial charge on any atom is 0.435 e. The smallest absolute Gasteiger partial charge is 0.435 e. The first-order valence-electron chi connectivity index (χ1n) is 13.4. The molecule has 4 aromatic rings. The third-order valence-electron chi connectivity index (χ3n) is 6.81. The van der Waals surface area contributed by atoms with Crippen molar-refractivity contribution in [1.29, 1.82) is 0 Å². The summed E-state index contributed by atoms with van der Waals surface area (Å²) in [6.45, 7) is 0.208. The van der Waals surface area contributed by atoms with Crippen LogP contribution in [0.2, 0.25) is 0 Å². The molecule has 0 radical (unpaired) electrons. The van der Waals surface area contributed by atoms with Gasteiger partial charge < -0.3 is 30.4 Å². The van der Waals surface area contributed by atoms with Crippen molar-refractivity contribution in [3.8, 4) is 0 Å². The molecule has 3 amide bonds. The van der Waals surface area contributed by atoms with E-state index in [0.29, 0.717) is 35.2 Å². The Morgan fingerprint density at radius 2 is 1.51 bits per heavy atom. The summed E-state index contributed by atoms with van der Waals surface area (Å²) in [7, 11) is 4.41. The van der Waals surface area contributed by atoms with Crippen LogP contribution in [0.1, 0.15) is 33.7 Å². The third kappa shape index (κ3) is 7.61. The number of nitrogens with two attached hydrogens (primary N) is 2. The van der Waals surface area contributed by atoms with Crippen LogP contribution < -0.4 is 16.4 Å². The quantitative estimate of drug-likeness (QED) is 0.220. The zero-order valence-electron chi connectivity index (χ0n) is 24.2. The maximum absolute atomic E-state index is 13.7. The number of benzene rings is 3. The molecular formula is C31H33N7O5. The molecule has 0 bridgehead atoms. The van der Waals surface area contributed by atoms with Crippen molar-refractivity contribution in [3.05, 3.63) is 95.3 Å². The number of rotatable bonds is 9. The average Bonchev–Trinajstić information content (AvgIpc) is 3.34. The Morgan fingerprint density at radius 3 is 2.19 bits per heavy atom. The van der Waals surface area contributed by atoms with Gasteiger partial charge in [-0.2, -0.15) is 9.98 Å². The Labute approximate surface area is 248 Å². The van der Waals surface area contributed by atoms with Crippen molar-refractivity contribution in [2.24, 2.45) is 28.5 Å². The van der Waals surface area contributed by atoms with Gasteiger partial charge in [-0.25, -0.2) is 14.6 Å². The first-order valence-corrected chi connectivity index (χ1v) is 13.4. The number of hydrogen-bond donors (Lipinski definition) is 2. The first-order chi connectivity index (χ1) is 20.7. The molecule has 4 N–H and O–H groups in total. The number of amides is 3. The summed E-state index contributed by atoms with van der Waals surface area (Å²) in [5.41, 5.74) is 16.2. The van der Waals surface area contributed by atoms with Gasteiger partial charge in [-0.15, -0.1) is 0 Å². The maximum atomic E-state index is 13.7. The van der Waals surface area contributed by atoms with Crippen LogP contribution in [0.5, 0.6) is 0 Å². The lowest BCUT2D eigenvalue weighted by molar-refractivity contribution is 0.0987. The van der Waals surface area contributed by atoms with Gasteiger partial charge in [-0.3, -0.25) is 4.79 Å². The van der Waals surface area contributed by atoms with Crippen LogP contribution in [0.25, 0.3) is 11.0 Å². The number of aryl methyl sites for hydroxylation is 3. The number of para-hydroxylation sites is 1. The summed E-state index contributed by atoms with van der Waals surface area (Å²) in [5, 5.41) is 0. The van der Waals surface area contributed by atoms with Gasteiger partial charge in [0.2, 0.25) is 0 Å². The highest BCUT2D eigenvalue weighted by Gasteiger charge is 2.20. The third-order valence-corrected chi connectivity index (χ3v) is 6.81. The molecular weight excluding hydrogens is 550 g/mol. The number of aliphatic imine (C=N–C) groups is 2. The van der Waals surface area contributed by atoms with Gasteiger partial charge in [0.25, 0.3) is 5.91 Å². The van der Waals surface area contributed by atoms with Crippen LogP contribution in [0.3, 0.4) is 0 Å². The summed E-state index contributed by atoms with van der Waals surface area (Å²) in [6.07, 6.45) is 0.00793. The highest BCUT2D eigenvalue weighted by molar-refractivity contribution is 6.08. The van der Waals surface area contributed by atoms with Crippen molar-refractivity contribution in [1.82, 2.24) is 9.55 Å². The molecule has 1 heterocycles. The van der Waals surface area contributed by atoms with E-state index in [4.69, 9.17) is 16.5 Å². The Bertz CT molecular complexity index is 1680. The van der Waals surface area contributed by atoms with Crippen LogP contribution in [0.4, 0.5) is 15.3 Å². The highest BCUT2D eigenvalue weighted by Crippen LogP contribution is 2.22. The summed E-state index contributed by atoms with van der Waals surface area (Å²) >= 11 is 0. The van der Waals surface area contributed by atoms with Crippen LogP contribution >= 0.6 is 0 Å². The van der Waals surface area contributed by atoms with E-state index in [0.717, 1.165) is 16.9 Å². The van der Waals surface area contributed by atoms with Crippen molar-refractivity contribution in [3.63, 3.8) is 0 Å². The number of methoxy groups -OCH3 is 2. The number of hydrogen-bond acceptors (Lipinski definition) is 6. The fourth-order valence-corrected chi connectivity index (χ4v) is 4.47. The van der Waals surface area contributed by atoms with E-state index in [1.54, 1.807) is 29.2 Å².